The zero-order valence-electron chi connectivity index (χ0n) is 11.7. The Morgan fingerprint density at radius 2 is 2.45 bits per heavy atom. The Labute approximate surface area is 123 Å². The Morgan fingerprint density at radius 1 is 1.55 bits per heavy atom. The Bertz CT molecular complexity index is 538. The van der Waals surface area contributed by atoms with Gasteiger partial charge in [0, 0.05) is 6.04 Å². The second kappa shape index (κ2) is 6.08. The first-order chi connectivity index (χ1) is 9.78. The number of piperidine rings is 1. The summed E-state index contributed by atoms with van der Waals surface area (Å²) in [6.45, 7) is 4.10. The maximum absolute atomic E-state index is 9.57. The molecule has 20 heavy (non-hydrogen) atoms. The van der Waals surface area contributed by atoms with Crippen LogP contribution in [0.3, 0.4) is 0 Å². The number of thiophene rings is 1. The zero-order chi connectivity index (χ0) is 13.9. The van der Waals surface area contributed by atoms with E-state index >= 15 is 0 Å². The summed E-state index contributed by atoms with van der Waals surface area (Å²) in [5, 5.41) is 11.6. The van der Waals surface area contributed by atoms with E-state index in [0.717, 1.165) is 23.1 Å². The molecule has 4 nitrogen and oxygen atoms in total. The number of oxazole rings is 1. The van der Waals surface area contributed by atoms with Gasteiger partial charge in [0.1, 0.15) is 0 Å². The minimum atomic E-state index is 0.208. The summed E-state index contributed by atoms with van der Waals surface area (Å²) in [7, 11) is 0. The lowest BCUT2D eigenvalue weighted by molar-refractivity contribution is 0.0415. The maximum atomic E-state index is 9.57. The Hall–Kier alpha value is -1.17. The molecule has 2 atom stereocenters. The van der Waals surface area contributed by atoms with Crippen molar-refractivity contribution >= 4 is 11.3 Å². The highest BCUT2D eigenvalue weighted by Crippen LogP contribution is 2.28. The number of aliphatic hydroxyl groups is 1. The number of hydrogen-bond acceptors (Lipinski definition) is 5. The molecular weight excluding hydrogens is 272 g/mol. The second-order valence-corrected chi connectivity index (χ2v) is 6.38. The van der Waals surface area contributed by atoms with Crippen molar-refractivity contribution in [3.8, 4) is 10.6 Å². The van der Waals surface area contributed by atoms with E-state index in [9.17, 15) is 5.11 Å². The van der Waals surface area contributed by atoms with Crippen LogP contribution in [0.5, 0.6) is 0 Å². The summed E-state index contributed by atoms with van der Waals surface area (Å²) in [6.07, 6.45) is 4.16. The summed E-state index contributed by atoms with van der Waals surface area (Å²) in [5.74, 6) is 2.10. The van der Waals surface area contributed by atoms with Crippen molar-refractivity contribution in [2.75, 3.05) is 13.2 Å². The molecule has 0 spiro atoms. The van der Waals surface area contributed by atoms with Gasteiger partial charge in [-0.25, -0.2) is 4.98 Å². The molecule has 3 rings (SSSR count). The molecule has 108 valence electrons. The number of aliphatic hydroxyl groups excluding tert-OH is 1. The van der Waals surface area contributed by atoms with Gasteiger partial charge in [0.25, 0.3) is 0 Å². The summed E-state index contributed by atoms with van der Waals surface area (Å²) < 4.78 is 5.83. The summed E-state index contributed by atoms with van der Waals surface area (Å²) in [6, 6.07) is 4.27. The van der Waals surface area contributed by atoms with Gasteiger partial charge in [-0.05, 0) is 36.8 Å². The predicted octanol–water partition coefficient (Wildman–Crippen LogP) is 3.00. The van der Waals surface area contributed by atoms with E-state index in [2.05, 4.69) is 16.8 Å². The maximum Gasteiger partial charge on any atom is 0.209 e. The van der Waals surface area contributed by atoms with E-state index in [1.807, 2.05) is 17.5 Å². The van der Waals surface area contributed by atoms with Crippen LogP contribution in [0.1, 0.15) is 25.7 Å². The average molecular weight is 292 g/mol. The number of nitrogens with zero attached hydrogens (tertiary/aromatic N) is 2. The first-order valence-electron chi connectivity index (χ1n) is 7.11. The molecule has 1 aliphatic heterocycles. The molecule has 1 saturated heterocycles. The van der Waals surface area contributed by atoms with E-state index in [1.54, 1.807) is 17.5 Å². The van der Waals surface area contributed by atoms with Crippen LogP contribution < -0.4 is 0 Å². The van der Waals surface area contributed by atoms with E-state index in [-0.39, 0.29) is 12.6 Å². The Kier molecular flexibility index (Phi) is 4.19. The van der Waals surface area contributed by atoms with E-state index in [1.165, 1.54) is 12.8 Å². The predicted molar refractivity (Wildman–Crippen MR) is 79.5 cm³/mol. The minimum Gasteiger partial charge on any atom is -0.438 e. The first-order valence-corrected chi connectivity index (χ1v) is 7.99. The van der Waals surface area contributed by atoms with Crippen LogP contribution in [0.25, 0.3) is 10.6 Å². The van der Waals surface area contributed by atoms with Crippen LogP contribution in [0.2, 0.25) is 0 Å². The third-order valence-corrected chi connectivity index (χ3v) is 4.96. The molecule has 0 aromatic carbocycles. The first kappa shape index (κ1) is 13.8. The number of hydrogen-bond donors (Lipinski definition) is 1. The number of rotatable bonds is 4. The van der Waals surface area contributed by atoms with Crippen molar-refractivity contribution in [3.05, 3.63) is 29.6 Å². The van der Waals surface area contributed by atoms with Crippen LogP contribution in [0.4, 0.5) is 0 Å². The molecule has 1 fully saturated rings. The van der Waals surface area contributed by atoms with E-state index in [4.69, 9.17) is 4.42 Å². The van der Waals surface area contributed by atoms with Gasteiger partial charge in [0.15, 0.2) is 5.76 Å². The van der Waals surface area contributed by atoms with E-state index in [0.29, 0.717) is 12.5 Å². The van der Waals surface area contributed by atoms with Crippen LogP contribution in [0.15, 0.2) is 28.1 Å². The van der Waals surface area contributed by atoms with Crippen molar-refractivity contribution in [1.82, 2.24) is 9.88 Å². The largest absolute Gasteiger partial charge is 0.438 e. The molecular formula is C15H20N2O2S. The lowest BCUT2D eigenvalue weighted by Crippen LogP contribution is -2.46. The number of aromatic nitrogens is 1. The molecule has 3 heterocycles. The minimum absolute atomic E-state index is 0.208. The SMILES string of the molecule is CC1CCCN(Cc2ncc(-c3cccs3)o2)C1CO. The number of likely N-dealkylation sites (tertiary alicyclic amines) is 1. The molecule has 2 unspecified atom stereocenters. The van der Waals surface area contributed by atoms with Gasteiger partial charge in [-0.3, -0.25) is 4.90 Å². The topological polar surface area (TPSA) is 49.5 Å². The Morgan fingerprint density at radius 3 is 3.20 bits per heavy atom. The van der Waals surface area contributed by atoms with Gasteiger partial charge in [-0.15, -0.1) is 11.3 Å². The summed E-state index contributed by atoms with van der Waals surface area (Å²) >= 11 is 1.65. The quantitative estimate of drug-likeness (QED) is 0.941. The van der Waals surface area contributed by atoms with Gasteiger partial charge >= 0.3 is 0 Å². The lowest BCUT2D eigenvalue weighted by atomic mass is 9.91. The highest BCUT2D eigenvalue weighted by atomic mass is 32.1. The molecule has 0 saturated carbocycles. The van der Waals surface area contributed by atoms with Crippen LogP contribution >= 0.6 is 11.3 Å². The molecule has 0 amide bonds. The van der Waals surface area contributed by atoms with Crippen LogP contribution in [-0.4, -0.2) is 34.2 Å². The Balaban J connectivity index is 1.71. The molecule has 2 aromatic rings. The molecule has 1 aliphatic rings. The average Bonchev–Trinajstić information content (AvgIpc) is 3.09. The normalized spacial score (nSPS) is 24.1. The monoisotopic (exact) mass is 292 g/mol. The second-order valence-electron chi connectivity index (χ2n) is 5.44. The van der Waals surface area contributed by atoms with Crippen molar-refractivity contribution in [3.63, 3.8) is 0 Å². The highest BCUT2D eigenvalue weighted by molar-refractivity contribution is 7.13. The van der Waals surface area contributed by atoms with Gasteiger partial charge in [-0.1, -0.05) is 13.0 Å². The molecule has 5 heteroatoms. The summed E-state index contributed by atoms with van der Waals surface area (Å²) in [5.41, 5.74) is 0. The van der Waals surface area contributed by atoms with Gasteiger partial charge in [-0.2, -0.15) is 0 Å². The smallest absolute Gasteiger partial charge is 0.209 e. The van der Waals surface area contributed by atoms with Gasteiger partial charge in [0.2, 0.25) is 5.89 Å². The lowest BCUT2D eigenvalue weighted by Gasteiger charge is -2.38. The van der Waals surface area contributed by atoms with Gasteiger partial charge in [0.05, 0.1) is 24.2 Å². The molecule has 0 radical (unpaired) electrons. The van der Waals surface area contributed by atoms with Gasteiger partial charge < -0.3 is 9.52 Å². The fourth-order valence-corrected chi connectivity index (χ4v) is 3.59. The standard InChI is InChI=1S/C15H20N2O2S/c1-11-4-2-6-17(12(11)10-18)9-15-16-8-13(19-15)14-5-3-7-20-14/h3,5,7-8,11-12,18H,2,4,6,9-10H2,1H3. The molecule has 1 N–H and O–H groups in total. The third kappa shape index (κ3) is 2.80. The van der Waals surface area contributed by atoms with Crippen molar-refractivity contribution in [2.24, 2.45) is 5.92 Å². The fourth-order valence-electron chi connectivity index (χ4n) is 2.92. The van der Waals surface area contributed by atoms with Crippen LogP contribution in [-0.2, 0) is 6.54 Å². The van der Waals surface area contributed by atoms with Crippen molar-refractivity contribution in [1.29, 1.82) is 0 Å². The molecule has 0 aliphatic carbocycles. The molecule has 0 bridgehead atoms. The summed E-state index contributed by atoms with van der Waals surface area (Å²) in [4.78, 5) is 7.77. The third-order valence-electron chi connectivity index (χ3n) is 4.07. The molecule has 2 aromatic heterocycles. The fraction of sp³-hybridized carbons (Fsp3) is 0.533. The van der Waals surface area contributed by atoms with E-state index < -0.39 is 0 Å². The van der Waals surface area contributed by atoms with Crippen molar-refractivity contribution in [2.45, 2.75) is 32.4 Å². The van der Waals surface area contributed by atoms with Crippen LogP contribution in [0, 0.1) is 5.92 Å². The van der Waals surface area contributed by atoms with Crippen molar-refractivity contribution < 1.29 is 9.52 Å². The zero-order valence-corrected chi connectivity index (χ0v) is 12.5. The highest BCUT2D eigenvalue weighted by Gasteiger charge is 2.28.